The Balaban J connectivity index is 1.79. The number of amides is 3. The van der Waals surface area contributed by atoms with Crippen LogP contribution < -0.4 is 10.6 Å². The molecular formula is C14H20F3N5O3. The summed E-state index contributed by atoms with van der Waals surface area (Å²) in [6, 6.07) is -0.639. The third-order valence-corrected chi connectivity index (χ3v) is 3.66. The molecule has 0 saturated carbocycles. The van der Waals surface area contributed by atoms with E-state index in [0.29, 0.717) is 25.9 Å². The molecule has 3 amide bonds. The summed E-state index contributed by atoms with van der Waals surface area (Å²) in [4.78, 5) is 25.0. The van der Waals surface area contributed by atoms with Gasteiger partial charge >= 0.3 is 18.1 Å². The molecule has 0 unspecified atom stereocenters. The number of carbonyl (C=O) groups is 2. The van der Waals surface area contributed by atoms with Gasteiger partial charge < -0.3 is 9.73 Å². The van der Waals surface area contributed by atoms with Crippen molar-refractivity contribution in [2.75, 3.05) is 19.6 Å². The van der Waals surface area contributed by atoms with Crippen molar-refractivity contribution in [1.29, 1.82) is 0 Å². The van der Waals surface area contributed by atoms with E-state index in [-0.39, 0.29) is 24.4 Å². The van der Waals surface area contributed by atoms with Crippen LogP contribution in [0, 0.1) is 0 Å². The SMILES string of the molecule is CC(C)NC(=O)NC(=O)CN1CCC(c2nnc(C(F)(F)F)o2)CC1. The van der Waals surface area contributed by atoms with Crippen LogP contribution in [0.15, 0.2) is 4.42 Å². The number of likely N-dealkylation sites (tertiary alicyclic amines) is 1. The topological polar surface area (TPSA) is 100 Å². The average molecular weight is 363 g/mol. The summed E-state index contributed by atoms with van der Waals surface area (Å²) < 4.78 is 42.1. The van der Waals surface area contributed by atoms with Crippen molar-refractivity contribution in [2.24, 2.45) is 0 Å². The molecule has 1 fully saturated rings. The number of hydrogen-bond acceptors (Lipinski definition) is 6. The molecule has 8 nitrogen and oxygen atoms in total. The van der Waals surface area contributed by atoms with Gasteiger partial charge in [-0.2, -0.15) is 13.2 Å². The van der Waals surface area contributed by atoms with Gasteiger partial charge in [-0.25, -0.2) is 4.79 Å². The van der Waals surface area contributed by atoms with Gasteiger partial charge in [-0.05, 0) is 39.8 Å². The van der Waals surface area contributed by atoms with Crippen LogP contribution in [0.3, 0.4) is 0 Å². The van der Waals surface area contributed by atoms with Crippen molar-refractivity contribution in [3.63, 3.8) is 0 Å². The van der Waals surface area contributed by atoms with Crippen LogP contribution in [0.1, 0.15) is 44.4 Å². The van der Waals surface area contributed by atoms with Crippen LogP contribution in [0.4, 0.5) is 18.0 Å². The van der Waals surface area contributed by atoms with Gasteiger partial charge in [0.15, 0.2) is 0 Å². The lowest BCUT2D eigenvalue weighted by Crippen LogP contribution is -2.47. The largest absolute Gasteiger partial charge is 0.470 e. The molecule has 2 N–H and O–H groups in total. The highest BCUT2D eigenvalue weighted by Crippen LogP contribution is 2.32. The summed E-state index contributed by atoms with van der Waals surface area (Å²) in [5.41, 5.74) is 0. The highest BCUT2D eigenvalue weighted by Gasteiger charge is 2.39. The average Bonchev–Trinajstić information content (AvgIpc) is 2.96. The molecule has 140 valence electrons. The lowest BCUT2D eigenvalue weighted by molar-refractivity contribution is -0.157. The monoisotopic (exact) mass is 363 g/mol. The molecule has 0 bridgehead atoms. The molecule has 1 aliphatic heterocycles. The van der Waals surface area contributed by atoms with Crippen LogP contribution in [-0.4, -0.2) is 52.7 Å². The molecule has 11 heteroatoms. The summed E-state index contributed by atoms with van der Waals surface area (Å²) in [5.74, 6) is -2.09. The maximum atomic E-state index is 12.5. The number of alkyl halides is 3. The van der Waals surface area contributed by atoms with Gasteiger partial charge in [0.05, 0.1) is 6.54 Å². The lowest BCUT2D eigenvalue weighted by Gasteiger charge is -2.29. The second-order valence-electron chi connectivity index (χ2n) is 6.17. The third-order valence-electron chi connectivity index (χ3n) is 3.66. The summed E-state index contributed by atoms with van der Waals surface area (Å²) in [7, 11) is 0. The maximum Gasteiger partial charge on any atom is 0.470 e. The molecule has 1 aliphatic rings. The van der Waals surface area contributed by atoms with Crippen LogP contribution in [-0.2, 0) is 11.0 Å². The van der Waals surface area contributed by atoms with Gasteiger partial charge in [0.2, 0.25) is 11.8 Å². The quantitative estimate of drug-likeness (QED) is 0.841. The van der Waals surface area contributed by atoms with Crippen molar-refractivity contribution >= 4 is 11.9 Å². The van der Waals surface area contributed by atoms with E-state index in [1.54, 1.807) is 13.8 Å². The zero-order chi connectivity index (χ0) is 18.6. The Morgan fingerprint density at radius 3 is 2.44 bits per heavy atom. The zero-order valence-corrected chi connectivity index (χ0v) is 13.9. The number of rotatable bonds is 4. The number of nitrogens with one attached hydrogen (secondary N) is 2. The first kappa shape index (κ1) is 19.2. The molecule has 0 radical (unpaired) electrons. The Kier molecular flexibility index (Phi) is 5.98. The van der Waals surface area contributed by atoms with Gasteiger partial charge in [-0.3, -0.25) is 15.0 Å². The van der Waals surface area contributed by atoms with E-state index in [1.165, 1.54) is 0 Å². The fourth-order valence-corrected chi connectivity index (χ4v) is 2.52. The summed E-state index contributed by atoms with van der Waals surface area (Å²) in [5, 5.41) is 11.3. The van der Waals surface area contributed by atoms with Gasteiger partial charge in [0.1, 0.15) is 0 Å². The minimum atomic E-state index is -4.65. The minimum Gasteiger partial charge on any atom is -0.417 e. The first-order valence-corrected chi connectivity index (χ1v) is 7.88. The Bertz CT molecular complexity index is 609. The number of halogens is 3. The van der Waals surface area contributed by atoms with E-state index in [1.807, 2.05) is 4.90 Å². The highest BCUT2D eigenvalue weighted by atomic mass is 19.4. The van der Waals surface area contributed by atoms with Crippen molar-refractivity contribution in [3.05, 3.63) is 11.8 Å². The second kappa shape index (κ2) is 7.81. The Morgan fingerprint density at radius 1 is 1.28 bits per heavy atom. The van der Waals surface area contributed by atoms with E-state index in [4.69, 9.17) is 4.42 Å². The molecule has 2 rings (SSSR count). The predicted octanol–water partition coefficient (Wildman–Crippen LogP) is 1.50. The number of carbonyl (C=O) groups excluding carboxylic acids is 2. The number of urea groups is 1. The van der Waals surface area contributed by atoms with Gasteiger partial charge in [0.25, 0.3) is 0 Å². The normalized spacial score (nSPS) is 16.9. The molecule has 0 aromatic carbocycles. The van der Waals surface area contributed by atoms with Crippen molar-refractivity contribution in [2.45, 2.75) is 44.8 Å². The van der Waals surface area contributed by atoms with Crippen LogP contribution >= 0.6 is 0 Å². The smallest absolute Gasteiger partial charge is 0.417 e. The first-order valence-electron chi connectivity index (χ1n) is 7.88. The van der Waals surface area contributed by atoms with E-state index < -0.39 is 24.0 Å². The standard InChI is InChI=1S/C14H20F3N5O3/c1-8(2)18-13(24)19-10(23)7-22-5-3-9(4-6-22)11-20-21-12(25-11)14(15,16)17/h8-9H,3-7H2,1-2H3,(H2,18,19,23,24). The van der Waals surface area contributed by atoms with Crippen molar-refractivity contribution < 1.29 is 27.2 Å². The Labute approximate surface area is 142 Å². The lowest BCUT2D eigenvalue weighted by atomic mass is 9.97. The molecule has 2 heterocycles. The summed E-state index contributed by atoms with van der Waals surface area (Å²) >= 11 is 0. The molecule has 0 atom stereocenters. The minimum absolute atomic E-state index is 0.0345. The van der Waals surface area contributed by atoms with E-state index in [0.717, 1.165) is 0 Å². The molecule has 0 spiro atoms. The third kappa shape index (κ3) is 5.69. The van der Waals surface area contributed by atoms with Crippen LogP contribution in [0.2, 0.25) is 0 Å². The number of imide groups is 1. The maximum absolute atomic E-state index is 12.5. The fraction of sp³-hybridized carbons (Fsp3) is 0.714. The van der Waals surface area contributed by atoms with E-state index in [9.17, 15) is 22.8 Å². The van der Waals surface area contributed by atoms with Gasteiger partial charge in [0, 0.05) is 12.0 Å². The molecule has 1 aromatic rings. The van der Waals surface area contributed by atoms with E-state index in [2.05, 4.69) is 20.8 Å². The first-order chi connectivity index (χ1) is 11.6. The van der Waals surface area contributed by atoms with Gasteiger partial charge in [-0.15, -0.1) is 10.2 Å². The Morgan fingerprint density at radius 2 is 1.92 bits per heavy atom. The number of aromatic nitrogens is 2. The number of nitrogens with zero attached hydrogens (tertiary/aromatic N) is 3. The molecule has 0 aliphatic carbocycles. The molecule has 1 aromatic heterocycles. The summed E-state index contributed by atoms with van der Waals surface area (Å²) in [6.45, 7) is 4.55. The van der Waals surface area contributed by atoms with Crippen molar-refractivity contribution in [1.82, 2.24) is 25.7 Å². The number of hydrogen-bond donors (Lipinski definition) is 2. The highest BCUT2D eigenvalue weighted by molar-refractivity contribution is 5.95. The zero-order valence-electron chi connectivity index (χ0n) is 13.9. The van der Waals surface area contributed by atoms with Crippen molar-refractivity contribution in [3.8, 4) is 0 Å². The van der Waals surface area contributed by atoms with Crippen LogP contribution in [0.5, 0.6) is 0 Å². The molecular weight excluding hydrogens is 343 g/mol. The Hall–Kier alpha value is -2.17. The molecule has 25 heavy (non-hydrogen) atoms. The number of piperidine rings is 1. The second-order valence-corrected chi connectivity index (χ2v) is 6.17. The molecule has 1 saturated heterocycles. The van der Waals surface area contributed by atoms with Gasteiger partial charge in [-0.1, -0.05) is 0 Å². The van der Waals surface area contributed by atoms with Crippen LogP contribution in [0.25, 0.3) is 0 Å². The fourth-order valence-electron chi connectivity index (χ4n) is 2.52. The summed E-state index contributed by atoms with van der Waals surface area (Å²) in [6.07, 6.45) is -3.67. The van der Waals surface area contributed by atoms with E-state index >= 15 is 0 Å². The predicted molar refractivity (Wildman–Crippen MR) is 79.5 cm³/mol.